The maximum atomic E-state index is 13.5. The van der Waals surface area contributed by atoms with Crippen molar-refractivity contribution in [2.45, 2.75) is 36.7 Å². The van der Waals surface area contributed by atoms with Gasteiger partial charge in [-0.3, -0.25) is 4.90 Å². The maximum Gasteiger partial charge on any atom is 0.244 e. The minimum atomic E-state index is -3.52. The molecule has 0 aromatic heterocycles. The van der Waals surface area contributed by atoms with Crippen molar-refractivity contribution in [3.05, 3.63) is 54.6 Å². The number of sulfonamides is 1. The van der Waals surface area contributed by atoms with Crippen LogP contribution in [0.5, 0.6) is 0 Å². The SMILES string of the molecule is CC1CN2CCCC2CN1S(=O)(=O)c1ccccc1-c1ccccc1. The molecule has 0 saturated carbocycles. The Morgan fingerprint density at radius 1 is 0.960 bits per heavy atom. The monoisotopic (exact) mass is 356 g/mol. The fourth-order valence-electron chi connectivity index (χ4n) is 4.17. The number of fused-ring (bicyclic) bond motifs is 1. The Bertz CT molecular complexity index is 851. The highest BCUT2D eigenvalue weighted by Crippen LogP contribution is 2.33. The van der Waals surface area contributed by atoms with Crippen LogP contribution < -0.4 is 0 Å². The molecule has 2 heterocycles. The number of hydrogen-bond acceptors (Lipinski definition) is 3. The van der Waals surface area contributed by atoms with E-state index >= 15 is 0 Å². The highest BCUT2D eigenvalue weighted by molar-refractivity contribution is 7.89. The van der Waals surface area contributed by atoms with Gasteiger partial charge in [0.15, 0.2) is 0 Å². The van der Waals surface area contributed by atoms with E-state index in [1.807, 2.05) is 55.5 Å². The topological polar surface area (TPSA) is 40.6 Å². The van der Waals surface area contributed by atoms with Gasteiger partial charge in [0.05, 0.1) is 4.90 Å². The molecule has 0 N–H and O–H groups in total. The standard InChI is InChI=1S/C20H24N2O2S/c1-16-14-21-13-7-10-18(21)15-22(16)25(23,24)20-12-6-5-11-19(20)17-8-3-2-4-9-17/h2-6,8-9,11-12,16,18H,7,10,13-15H2,1H3. The molecule has 2 aliphatic heterocycles. The van der Waals surface area contributed by atoms with Gasteiger partial charge < -0.3 is 0 Å². The lowest BCUT2D eigenvalue weighted by Crippen LogP contribution is -2.56. The first kappa shape index (κ1) is 16.8. The Morgan fingerprint density at radius 2 is 1.68 bits per heavy atom. The molecule has 2 aromatic carbocycles. The van der Waals surface area contributed by atoms with Crippen LogP contribution in [-0.4, -0.2) is 49.3 Å². The lowest BCUT2D eigenvalue weighted by molar-refractivity contribution is 0.117. The summed E-state index contributed by atoms with van der Waals surface area (Å²) in [5, 5.41) is 0. The minimum Gasteiger partial charge on any atom is -0.297 e. The summed E-state index contributed by atoms with van der Waals surface area (Å²) in [4.78, 5) is 2.86. The smallest absolute Gasteiger partial charge is 0.244 e. The predicted molar refractivity (Wildman–Crippen MR) is 99.8 cm³/mol. The molecule has 2 aromatic rings. The second-order valence-corrected chi connectivity index (χ2v) is 8.94. The van der Waals surface area contributed by atoms with Crippen molar-refractivity contribution in [3.63, 3.8) is 0 Å². The van der Waals surface area contributed by atoms with Crippen molar-refractivity contribution >= 4 is 10.0 Å². The van der Waals surface area contributed by atoms with E-state index in [1.54, 1.807) is 10.4 Å². The van der Waals surface area contributed by atoms with E-state index in [-0.39, 0.29) is 6.04 Å². The van der Waals surface area contributed by atoms with Crippen LogP contribution in [0.3, 0.4) is 0 Å². The molecular weight excluding hydrogens is 332 g/mol. The zero-order chi connectivity index (χ0) is 17.4. The second kappa shape index (κ2) is 6.56. The Labute approximate surface area is 150 Å². The molecule has 4 rings (SSSR count). The van der Waals surface area contributed by atoms with Gasteiger partial charge in [-0.15, -0.1) is 0 Å². The lowest BCUT2D eigenvalue weighted by Gasteiger charge is -2.41. The molecule has 0 bridgehead atoms. The molecule has 132 valence electrons. The van der Waals surface area contributed by atoms with Gasteiger partial charge in [-0.05, 0) is 37.9 Å². The number of nitrogens with zero attached hydrogens (tertiary/aromatic N) is 2. The molecule has 0 aliphatic carbocycles. The van der Waals surface area contributed by atoms with E-state index in [9.17, 15) is 8.42 Å². The summed E-state index contributed by atoms with van der Waals surface area (Å²) < 4.78 is 28.7. The van der Waals surface area contributed by atoms with Gasteiger partial charge in [-0.25, -0.2) is 8.42 Å². The molecule has 2 atom stereocenters. The summed E-state index contributed by atoms with van der Waals surface area (Å²) in [6.45, 7) is 4.56. The van der Waals surface area contributed by atoms with Crippen molar-refractivity contribution in [1.82, 2.24) is 9.21 Å². The Hall–Kier alpha value is -1.69. The molecule has 0 radical (unpaired) electrons. The number of benzene rings is 2. The molecule has 2 aliphatic rings. The van der Waals surface area contributed by atoms with Crippen LogP contribution in [0.25, 0.3) is 11.1 Å². The van der Waals surface area contributed by atoms with Crippen LogP contribution in [0.1, 0.15) is 19.8 Å². The van der Waals surface area contributed by atoms with Gasteiger partial charge in [-0.2, -0.15) is 4.31 Å². The van der Waals surface area contributed by atoms with Crippen molar-refractivity contribution in [3.8, 4) is 11.1 Å². The van der Waals surface area contributed by atoms with Crippen molar-refractivity contribution in [2.75, 3.05) is 19.6 Å². The number of hydrogen-bond donors (Lipinski definition) is 0. The summed E-state index contributed by atoms with van der Waals surface area (Å²) in [5.74, 6) is 0. The molecule has 25 heavy (non-hydrogen) atoms. The van der Waals surface area contributed by atoms with Gasteiger partial charge in [0.25, 0.3) is 0 Å². The van der Waals surface area contributed by atoms with E-state index < -0.39 is 10.0 Å². The van der Waals surface area contributed by atoms with Crippen molar-refractivity contribution in [2.24, 2.45) is 0 Å². The first-order valence-corrected chi connectivity index (χ1v) is 10.4. The summed E-state index contributed by atoms with van der Waals surface area (Å²) in [5.41, 5.74) is 1.72. The summed E-state index contributed by atoms with van der Waals surface area (Å²) in [6.07, 6.45) is 2.27. The second-order valence-electron chi connectivity index (χ2n) is 7.08. The number of rotatable bonds is 3. The average Bonchev–Trinajstić information content (AvgIpc) is 3.09. The van der Waals surface area contributed by atoms with E-state index in [0.717, 1.165) is 30.6 Å². The largest absolute Gasteiger partial charge is 0.297 e. The van der Waals surface area contributed by atoms with Crippen LogP contribution in [0.4, 0.5) is 0 Å². The molecule has 0 amide bonds. The molecule has 2 fully saturated rings. The van der Waals surface area contributed by atoms with Crippen LogP contribution in [0, 0.1) is 0 Å². The van der Waals surface area contributed by atoms with Gasteiger partial charge in [0.1, 0.15) is 0 Å². The van der Waals surface area contributed by atoms with Crippen LogP contribution >= 0.6 is 0 Å². The van der Waals surface area contributed by atoms with Gasteiger partial charge >= 0.3 is 0 Å². The molecule has 2 unspecified atom stereocenters. The average molecular weight is 356 g/mol. The third kappa shape index (κ3) is 3.01. The highest BCUT2D eigenvalue weighted by Gasteiger charge is 2.40. The number of piperazine rings is 1. The Kier molecular flexibility index (Phi) is 4.40. The minimum absolute atomic E-state index is 0.00294. The Morgan fingerprint density at radius 3 is 2.48 bits per heavy atom. The zero-order valence-electron chi connectivity index (χ0n) is 14.5. The predicted octanol–water partition coefficient (Wildman–Crippen LogP) is 3.21. The zero-order valence-corrected chi connectivity index (χ0v) is 15.3. The van der Waals surface area contributed by atoms with E-state index in [0.29, 0.717) is 17.5 Å². The normalized spacial score (nSPS) is 25.0. The van der Waals surface area contributed by atoms with Gasteiger partial charge in [0, 0.05) is 30.7 Å². The van der Waals surface area contributed by atoms with Gasteiger partial charge in [0.2, 0.25) is 10.0 Å². The van der Waals surface area contributed by atoms with Crippen LogP contribution in [0.15, 0.2) is 59.5 Å². The van der Waals surface area contributed by atoms with E-state index in [1.165, 1.54) is 6.42 Å². The highest BCUT2D eigenvalue weighted by atomic mass is 32.2. The molecule has 4 nitrogen and oxygen atoms in total. The third-order valence-electron chi connectivity index (χ3n) is 5.44. The summed E-state index contributed by atoms with van der Waals surface area (Å²) >= 11 is 0. The van der Waals surface area contributed by atoms with Crippen molar-refractivity contribution in [1.29, 1.82) is 0 Å². The summed E-state index contributed by atoms with van der Waals surface area (Å²) in [7, 11) is -3.52. The molecule has 0 spiro atoms. The van der Waals surface area contributed by atoms with Crippen LogP contribution in [-0.2, 0) is 10.0 Å². The van der Waals surface area contributed by atoms with E-state index in [2.05, 4.69) is 4.90 Å². The van der Waals surface area contributed by atoms with Crippen molar-refractivity contribution < 1.29 is 8.42 Å². The third-order valence-corrected chi connectivity index (χ3v) is 7.48. The first-order chi connectivity index (χ1) is 12.1. The van der Waals surface area contributed by atoms with E-state index in [4.69, 9.17) is 0 Å². The van der Waals surface area contributed by atoms with Crippen LogP contribution in [0.2, 0.25) is 0 Å². The molecular formula is C20H24N2O2S. The first-order valence-electron chi connectivity index (χ1n) is 8.98. The van der Waals surface area contributed by atoms with Gasteiger partial charge in [-0.1, -0.05) is 48.5 Å². The maximum absolute atomic E-state index is 13.5. The Balaban J connectivity index is 1.74. The molecule has 5 heteroatoms. The lowest BCUT2D eigenvalue weighted by atomic mass is 10.1. The fraction of sp³-hybridized carbons (Fsp3) is 0.400. The molecule has 2 saturated heterocycles. The fourth-order valence-corrected chi connectivity index (χ4v) is 6.05. The summed E-state index contributed by atoms with van der Waals surface area (Å²) in [6, 6.07) is 17.5. The quantitative estimate of drug-likeness (QED) is 0.848.